The molecule has 2 aromatic carbocycles. The summed E-state index contributed by atoms with van der Waals surface area (Å²) in [5.41, 5.74) is 7.28. The van der Waals surface area contributed by atoms with E-state index >= 15 is 0 Å². The summed E-state index contributed by atoms with van der Waals surface area (Å²) in [5, 5.41) is 2.85. The lowest BCUT2D eigenvalue weighted by molar-refractivity contribution is 0.1000. The summed E-state index contributed by atoms with van der Waals surface area (Å²) < 4.78 is 41.0. The molecule has 0 spiro atoms. The lowest BCUT2D eigenvalue weighted by Crippen LogP contribution is -2.49. The Hall–Kier alpha value is -3.41. The normalized spacial score (nSPS) is 15.0. The van der Waals surface area contributed by atoms with Gasteiger partial charge in [0.2, 0.25) is 15.9 Å². The van der Waals surface area contributed by atoms with Crippen LogP contribution in [-0.4, -0.2) is 54.8 Å². The fourth-order valence-electron chi connectivity index (χ4n) is 4.02. The molecule has 0 radical (unpaired) electrons. The van der Waals surface area contributed by atoms with Crippen LogP contribution in [0, 0.1) is 5.82 Å². The number of hydrogen-bond acceptors (Lipinski definition) is 7. The number of fused-ring (bicyclic) bond motifs is 1. The van der Waals surface area contributed by atoms with Crippen molar-refractivity contribution < 1.29 is 17.6 Å². The second-order valence-corrected chi connectivity index (χ2v) is 10.6. The van der Waals surface area contributed by atoms with E-state index in [-0.39, 0.29) is 29.4 Å². The predicted molar refractivity (Wildman–Crippen MR) is 129 cm³/mol. The fourth-order valence-corrected chi connectivity index (χ4v) is 6.35. The van der Waals surface area contributed by atoms with Gasteiger partial charge in [0.15, 0.2) is 0 Å². The van der Waals surface area contributed by atoms with Gasteiger partial charge in [0.1, 0.15) is 22.8 Å². The van der Waals surface area contributed by atoms with Gasteiger partial charge in [-0.05, 0) is 42.0 Å². The number of primary amides is 1. The van der Waals surface area contributed by atoms with Crippen LogP contribution in [0.4, 0.5) is 10.2 Å². The first kappa shape index (κ1) is 22.4. The Morgan fingerprint density at radius 1 is 0.971 bits per heavy atom. The lowest BCUT2D eigenvalue weighted by atomic mass is 10.1. The van der Waals surface area contributed by atoms with Crippen molar-refractivity contribution in [2.45, 2.75) is 4.90 Å². The number of hydrogen-bond donors (Lipinski definition) is 1. The summed E-state index contributed by atoms with van der Waals surface area (Å²) in [4.78, 5) is 23.1. The van der Waals surface area contributed by atoms with E-state index in [1.165, 1.54) is 58.4 Å². The first-order valence-electron chi connectivity index (χ1n) is 10.5. The molecular formula is C23H20FN5O3S2. The maximum absolute atomic E-state index is 13.4. The maximum Gasteiger partial charge on any atom is 0.248 e. The van der Waals surface area contributed by atoms with Gasteiger partial charge in [0.25, 0.3) is 0 Å². The monoisotopic (exact) mass is 497 g/mol. The van der Waals surface area contributed by atoms with Crippen LogP contribution in [0.5, 0.6) is 0 Å². The van der Waals surface area contributed by atoms with Crippen molar-refractivity contribution in [2.75, 3.05) is 31.1 Å². The number of aromatic nitrogens is 2. The molecule has 174 valence electrons. The topological polar surface area (TPSA) is 109 Å². The Morgan fingerprint density at radius 3 is 2.29 bits per heavy atom. The summed E-state index contributed by atoms with van der Waals surface area (Å²) in [6.07, 6.45) is 1.51. The largest absolute Gasteiger partial charge is 0.366 e. The number of rotatable bonds is 5. The highest BCUT2D eigenvalue weighted by Gasteiger charge is 2.30. The van der Waals surface area contributed by atoms with Crippen LogP contribution in [-0.2, 0) is 10.0 Å². The number of nitrogens with two attached hydrogens (primary N) is 1. The van der Waals surface area contributed by atoms with E-state index in [0.717, 1.165) is 27.2 Å². The van der Waals surface area contributed by atoms with Crippen LogP contribution in [0.2, 0.25) is 0 Å². The van der Waals surface area contributed by atoms with Gasteiger partial charge in [-0.1, -0.05) is 12.1 Å². The summed E-state index contributed by atoms with van der Waals surface area (Å²) in [7, 11) is -3.71. The van der Waals surface area contributed by atoms with E-state index in [1.807, 2.05) is 10.3 Å². The molecule has 34 heavy (non-hydrogen) atoms. The minimum atomic E-state index is -3.71. The van der Waals surface area contributed by atoms with Crippen molar-refractivity contribution >= 4 is 43.3 Å². The van der Waals surface area contributed by atoms with Gasteiger partial charge in [-0.2, -0.15) is 4.31 Å². The molecule has 1 aliphatic heterocycles. The zero-order valence-corrected chi connectivity index (χ0v) is 19.5. The highest BCUT2D eigenvalue weighted by atomic mass is 32.2. The fraction of sp³-hybridized carbons (Fsp3) is 0.174. The number of amides is 1. The Bertz CT molecular complexity index is 1460. The molecule has 3 heterocycles. The average Bonchev–Trinajstić information content (AvgIpc) is 3.29. The number of carbonyl (C=O) groups is 1. The van der Waals surface area contributed by atoms with Crippen molar-refractivity contribution in [3.05, 3.63) is 71.6 Å². The number of nitrogens with zero attached hydrogens (tertiary/aromatic N) is 4. The molecule has 0 saturated carbocycles. The van der Waals surface area contributed by atoms with Crippen LogP contribution >= 0.6 is 11.3 Å². The van der Waals surface area contributed by atoms with Gasteiger partial charge in [-0.25, -0.2) is 22.8 Å². The number of benzene rings is 2. The number of anilines is 1. The zero-order valence-electron chi connectivity index (χ0n) is 17.9. The quantitative estimate of drug-likeness (QED) is 0.454. The number of sulfonamides is 1. The smallest absolute Gasteiger partial charge is 0.248 e. The van der Waals surface area contributed by atoms with Crippen LogP contribution in [0.15, 0.2) is 65.1 Å². The summed E-state index contributed by atoms with van der Waals surface area (Å²) in [6.45, 7) is 1.45. The van der Waals surface area contributed by atoms with Crippen molar-refractivity contribution in [1.82, 2.24) is 14.3 Å². The summed E-state index contributed by atoms with van der Waals surface area (Å²) >= 11 is 1.49. The molecule has 0 aliphatic carbocycles. The second-order valence-electron chi connectivity index (χ2n) is 7.81. The molecule has 4 aromatic rings. The van der Waals surface area contributed by atoms with E-state index in [0.29, 0.717) is 13.1 Å². The van der Waals surface area contributed by atoms with E-state index in [1.54, 1.807) is 12.1 Å². The zero-order chi connectivity index (χ0) is 23.9. The van der Waals surface area contributed by atoms with E-state index in [9.17, 15) is 17.6 Å². The molecule has 8 nitrogen and oxygen atoms in total. The average molecular weight is 498 g/mol. The van der Waals surface area contributed by atoms with E-state index < -0.39 is 15.9 Å². The minimum absolute atomic E-state index is 0.117. The molecule has 11 heteroatoms. The molecular weight excluding hydrogens is 477 g/mol. The van der Waals surface area contributed by atoms with Gasteiger partial charge in [-0.15, -0.1) is 11.3 Å². The molecule has 1 saturated heterocycles. The summed E-state index contributed by atoms with van der Waals surface area (Å²) in [6, 6.07) is 11.9. The molecule has 5 rings (SSSR count). The van der Waals surface area contributed by atoms with Crippen LogP contribution in [0.1, 0.15) is 10.4 Å². The summed E-state index contributed by atoms with van der Waals surface area (Å²) in [5.74, 6) is -0.183. The molecule has 0 atom stereocenters. The second kappa shape index (κ2) is 8.75. The van der Waals surface area contributed by atoms with Crippen molar-refractivity contribution in [1.29, 1.82) is 0 Å². The maximum atomic E-state index is 13.4. The molecule has 2 N–H and O–H groups in total. The molecule has 1 fully saturated rings. The van der Waals surface area contributed by atoms with Gasteiger partial charge in [0, 0.05) is 42.7 Å². The van der Waals surface area contributed by atoms with Gasteiger partial charge < -0.3 is 10.6 Å². The lowest BCUT2D eigenvalue weighted by Gasteiger charge is -2.35. The standard InChI is InChI=1S/C23H20FN5O3S2/c24-17-5-1-15(2-6-17)19-13-33-23-20(19)22(26-14-27-23)28-9-11-29(12-10-28)34(31,32)18-7-3-16(4-8-18)21(25)30/h1-8,13-14H,9-12H2,(H2,25,30). The molecule has 1 amide bonds. The van der Waals surface area contributed by atoms with E-state index in [4.69, 9.17) is 5.73 Å². The van der Waals surface area contributed by atoms with Crippen LogP contribution in [0.25, 0.3) is 21.3 Å². The highest BCUT2D eigenvalue weighted by molar-refractivity contribution is 7.89. The molecule has 1 aliphatic rings. The number of thiophene rings is 1. The molecule has 2 aromatic heterocycles. The van der Waals surface area contributed by atoms with Crippen LogP contribution in [0.3, 0.4) is 0 Å². The van der Waals surface area contributed by atoms with Crippen molar-refractivity contribution in [3.63, 3.8) is 0 Å². The third-order valence-electron chi connectivity index (χ3n) is 5.82. The third kappa shape index (κ3) is 4.02. The SMILES string of the molecule is NC(=O)c1ccc(S(=O)(=O)N2CCN(c3ncnc4scc(-c5ccc(F)cc5)c34)CC2)cc1. The predicted octanol–water partition coefficient (Wildman–Crippen LogP) is 3.11. The number of piperazine rings is 1. The van der Waals surface area contributed by atoms with Crippen LogP contribution < -0.4 is 10.6 Å². The minimum Gasteiger partial charge on any atom is -0.366 e. The Morgan fingerprint density at radius 2 is 1.65 bits per heavy atom. The first-order chi connectivity index (χ1) is 16.3. The number of halogens is 1. The third-order valence-corrected chi connectivity index (χ3v) is 8.62. The first-order valence-corrected chi connectivity index (χ1v) is 12.8. The Balaban J connectivity index is 1.39. The van der Waals surface area contributed by atoms with Crippen molar-refractivity contribution in [2.24, 2.45) is 5.73 Å². The van der Waals surface area contributed by atoms with Gasteiger partial charge in [0.05, 0.1) is 10.3 Å². The molecule has 0 unspecified atom stereocenters. The highest BCUT2D eigenvalue weighted by Crippen LogP contribution is 2.38. The van der Waals surface area contributed by atoms with Gasteiger partial charge >= 0.3 is 0 Å². The molecule has 0 bridgehead atoms. The Labute approximate surface area is 199 Å². The number of carbonyl (C=O) groups excluding carboxylic acids is 1. The Kier molecular flexibility index (Phi) is 5.76. The van der Waals surface area contributed by atoms with E-state index in [2.05, 4.69) is 9.97 Å². The van der Waals surface area contributed by atoms with Gasteiger partial charge in [-0.3, -0.25) is 4.79 Å². The van der Waals surface area contributed by atoms with Crippen molar-refractivity contribution in [3.8, 4) is 11.1 Å².